The highest BCUT2D eigenvalue weighted by Gasteiger charge is 2.21. The molecule has 3 aromatic heterocycles. The molecule has 0 unspecified atom stereocenters. The SMILES string of the molecule is COc1ccc(-c2ccc(=O)n(-c3c(C)noc3C)n2)cc1S(=O)(=O)NCCc1cccs1. The lowest BCUT2D eigenvalue weighted by Crippen LogP contribution is -2.26. The van der Waals surface area contributed by atoms with Crippen LogP contribution in [0.1, 0.15) is 16.3 Å². The lowest BCUT2D eigenvalue weighted by atomic mass is 10.1. The van der Waals surface area contributed by atoms with Crippen molar-refractivity contribution < 1.29 is 17.7 Å². The summed E-state index contributed by atoms with van der Waals surface area (Å²) in [7, 11) is -2.44. The van der Waals surface area contributed by atoms with Gasteiger partial charge in [-0.3, -0.25) is 4.79 Å². The van der Waals surface area contributed by atoms with E-state index < -0.39 is 10.0 Å². The molecule has 0 aliphatic carbocycles. The van der Waals surface area contributed by atoms with Gasteiger partial charge in [-0.1, -0.05) is 11.2 Å². The molecule has 0 saturated carbocycles. The number of nitrogens with one attached hydrogen (secondary N) is 1. The summed E-state index contributed by atoms with van der Waals surface area (Å²) in [6.45, 7) is 3.66. The molecule has 0 radical (unpaired) electrons. The number of hydrogen-bond acceptors (Lipinski definition) is 8. The van der Waals surface area contributed by atoms with Crippen molar-refractivity contribution in [1.29, 1.82) is 0 Å². The maximum Gasteiger partial charge on any atom is 0.271 e. The van der Waals surface area contributed by atoms with Gasteiger partial charge in [0.2, 0.25) is 10.0 Å². The van der Waals surface area contributed by atoms with E-state index in [9.17, 15) is 13.2 Å². The number of hydrogen-bond donors (Lipinski definition) is 1. The molecule has 11 heteroatoms. The quantitative estimate of drug-likeness (QED) is 0.407. The number of methoxy groups -OCH3 is 1. The molecule has 9 nitrogen and oxygen atoms in total. The Balaban J connectivity index is 1.69. The average Bonchev–Trinajstić information content (AvgIpc) is 3.43. The predicted molar refractivity (Wildman–Crippen MR) is 125 cm³/mol. The Hall–Kier alpha value is -3.28. The van der Waals surface area contributed by atoms with Crippen LogP contribution in [0, 0.1) is 13.8 Å². The summed E-state index contributed by atoms with van der Waals surface area (Å²) in [5, 5.41) is 10.3. The highest BCUT2D eigenvalue weighted by molar-refractivity contribution is 7.89. The first kappa shape index (κ1) is 22.9. The first-order valence-corrected chi connectivity index (χ1v) is 12.4. The molecule has 0 saturated heterocycles. The fourth-order valence-corrected chi connectivity index (χ4v) is 5.33. The summed E-state index contributed by atoms with van der Waals surface area (Å²) in [4.78, 5) is 13.5. The number of ether oxygens (including phenoxy) is 1. The number of rotatable bonds is 8. The lowest BCUT2D eigenvalue weighted by Gasteiger charge is -2.13. The predicted octanol–water partition coefficient (Wildman–Crippen LogP) is 3.10. The van der Waals surface area contributed by atoms with Gasteiger partial charge in [-0.05, 0) is 56.0 Å². The van der Waals surface area contributed by atoms with E-state index in [2.05, 4.69) is 15.0 Å². The van der Waals surface area contributed by atoms with Crippen LogP contribution < -0.4 is 15.0 Å². The second-order valence-electron chi connectivity index (χ2n) is 7.23. The second kappa shape index (κ2) is 9.30. The van der Waals surface area contributed by atoms with Crippen LogP contribution >= 0.6 is 11.3 Å². The number of sulfonamides is 1. The Morgan fingerprint density at radius 1 is 1.18 bits per heavy atom. The molecular weight excluding hydrogens is 464 g/mol. The third kappa shape index (κ3) is 4.75. The minimum atomic E-state index is -3.85. The second-order valence-corrected chi connectivity index (χ2v) is 10.0. The van der Waals surface area contributed by atoms with Crippen molar-refractivity contribution in [3.05, 3.63) is 74.5 Å². The van der Waals surface area contributed by atoms with Crippen LogP contribution in [0.5, 0.6) is 5.75 Å². The van der Waals surface area contributed by atoms with E-state index in [4.69, 9.17) is 9.26 Å². The van der Waals surface area contributed by atoms with Gasteiger partial charge in [0.1, 0.15) is 22.0 Å². The summed E-state index contributed by atoms with van der Waals surface area (Å²) in [6, 6.07) is 11.5. The molecule has 0 atom stereocenters. The van der Waals surface area contributed by atoms with Crippen molar-refractivity contribution in [3.8, 4) is 22.7 Å². The zero-order chi connectivity index (χ0) is 23.6. The summed E-state index contributed by atoms with van der Waals surface area (Å²) < 4.78 is 40.4. The molecule has 0 aliphatic rings. The molecule has 3 heterocycles. The van der Waals surface area contributed by atoms with E-state index >= 15 is 0 Å². The highest BCUT2D eigenvalue weighted by atomic mass is 32.2. The molecular formula is C22H22N4O5S2. The summed E-state index contributed by atoms with van der Waals surface area (Å²) in [6.07, 6.45) is 0.586. The molecule has 0 bridgehead atoms. The number of nitrogens with zero attached hydrogens (tertiary/aromatic N) is 3. The van der Waals surface area contributed by atoms with Crippen LogP contribution in [-0.2, 0) is 16.4 Å². The van der Waals surface area contributed by atoms with Gasteiger partial charge in [0.25, 0.3) is 5.56 Å². The molecule has 172 valence electrons. The van der Waals surface area contributed by atoms with E-state index in [0.717, 1.165) is 4.88 Å². The van der Waals surface area contributed by atoms with Gasteiger partial charge in [-0.2, -0.15) is 9.78 Å². The largest absolute Gasteiger partial charge is 0.495 e. The Morgan fingerprint density at radius 2 is 2.00 bits per heavy atom. The first-order valence-electron chi connectivity index (χ1n) is 10.0. The van der Waals surface area contributed by atoms with Crippen molar-refractivity contribution in [3.63, 3.8) is 0 Å². The number of aromatic nitrogens is 3. The van der Waals surface area contributed by atoms with Gasteiger partial charge in [0, 0.05) is 23.1 Å². The molecule has 1 N–H and O–H groups in total. The van der Waals surface area contributed by atoms with Crippen LogP contribution in [-0.4, -0.2) is 37.0 Å². The van der Waals surface area contributed by atoms with Crippen LogP contribution in [0.4, 0.5) is 0 Å². The summed E-state index contributed by atoms with van der Waals surface area (Å²) >= 11 is 1.57. The number of thiophene rings is 1. The van der Waals surface area contributed by atoms with Gasteiger partial charge < -0.3 is 9.26 Å². The topological polar surface area (TPSA) is 116 Å². The van der Waals surface area contributed by atoms with Crippen LogP contribution in [0.25, 0.3) is 16.9 Å². The Labute approximate surface area is 194 Å². The van der Waals surface area contributed by atoms with Crippen molar-refractivity contribution >= 4 is 21.4 Å². The van der Waals surface area contributed by atoms with Crippen molar-refractivity contribution in [2.45, 2.75) is 25.2 Å². The van der Waals surface area contributed by atoms with Gasteiger partial charge in [0.05, 0.1) is 12.8 Å². The smallest absolute Gasteiger partial charge is 0.271 e. The number of aryl methyl sites for hydroxylation is 2. The van der Waals surface area contributed by atoms with Crippen LogP contribution in [0.3, 0.4) is 0 Å². The van der Waals surface area contributed by atoms with E-state index in [1.54, 1.807) is 43.4 Å². The van der Waals surface area contributed by atoms with Gasteiger partial charge in [-0.15, -0.1) is 11.3 Å². The molecule has 1 aromatic carbocycles. The standard InChI is InChI=1S/C22H22N4O5S2/c1-14-22(15(2)31-25-14)26-21(27)9-7-18(24-26)16-6-8-19(30-3)20(13-16)33(28,29)23-11-10-17-5-4-12-32-17/h4-9,12-13,23H,10-11H2,1-3H3. The van der Waals surface area contributed by atoms with E-state index in [0.29, 0.717) is 34.8 Å². The zero-order valence-electron chi connectivity index (χ0n) is 18.2. The minimum Gasteiger partial charge on any atom is -0.495 e. The molecule has 0 aliphatic heterocycles. The highest BCUT2D eigenvalue weighted by Crippen LogP contribution is 2.29. The zero-order valence-corrected chi connectivity index (χ0v) is 19.9. The normalized spacial score (nSPS) is 11.6. The van der Waals surface area contributed by atoms with Gasteiger partial charge in [0.15, 0.2) is 5.76 Å². The lowest BCUT2D eigenvalue weighted by molar-refractivity contribution is 0.392. The summed E-state index contributed by atoms with van der Waals surface area (Å²) in [5.41, 5.74) is 1.54. The Kier molecular flexibility index (Phi) is 6.45. The number of benzene rings is 1. The Bertz CT molecular complexity index is 1420. The van der Waals surface area contributed by atoms with Gasteiger partial charge in [-0.25, -0.2) is 13.1 Å². The fraction of sp³-hybridized carbons (Fsp3) is 0.227. The Morgan fingerprint density at radius 3 is 2.67 bits per heavy atom. The third-order valence-corrected chi connectivity index (χ3v) is 7.42. The molecule has 4 rings (SSSR count). The van der Waals surface area contributed by atoms with Crippen molar-refractivity contribution in [1.82, 2.24) is 19.7 Å². The maximum atomic E-state index is 13.0. The monoisotopic (exact) mass is 486 g/mol. The maximum absolute atomic E-state index is 13.0. The van der Waals surface area contributed by atoms with Crippen LogP contribution in [0.2, 0.25) is 0 Å². The molecule has 0 amide bonds. The van der Waals surface area contributed by atoms with E-state index in [1.807, 2.05) is 17.5 Å². The fourth-order valence-electron chi connectivity index (χ4n) is 3.39. The molecule has 0 spiro atoms. The van der Waals surface area contributed by atoms with Crippen molar-refractivity contribution in [2.75, 3.05) is 13.7 Å². The summed E-state index contributed by atoms with van der Waals surface area (Å²) in [5.74, 6) is 0.661. The third-order valence-electron chi connectivity index (χ3n) is 5.00. The molecule has 4 aromatic rings. The van der Waals surface area contributed by atoms with Crippen LogP contribution in [0.15, 0.2) is 62.1 Å². The minimum absolute atomic E-state index is 0.00873. The van der Waals surface area contributed by atoms with Crippen molar-refractivity contribution in [2.24, 2.45) is 0 Å². The molecule has 33 heavy (non-hydrogen) atoms. The van der Waals surface area contributed by atoms with E-state index in [1.165, 1.54) is 23.9 Å². The molecule has 0 fully saturated rings. The van der Waals surface area contributed by atoms with E-state index in [-0.39, 0.29) is 22.7 Å². The first-order chi connectivity index (χ1) is 15.8. The average molecular weight is 487 g/mol. The van der Waals surface area contributed by atoms with Gasteiger partial charge >= 0.3 is 0 Å².